The lowest BCUT2D eigenvalue weighted by molar-refractivity contribution is -0.169. The highest BCUT2D eigenvalue weighted by molar-refractivity contribution is 5.83. The normalized spacial score (nSPS) is 15.6. The molecule has 1 aliphatic heterocycles. The standard InChI is InChI=1S/C28H32F3N7O4/c1-20(39)33-12-14-37-25(18-35(21(2)40)17-23-9-6-10-24(15-23)28(29,30)31)38(36(13-11-32)19-26(37)41)27(42)34-16-22-7-4-3-5-8-22/h3-10,15,25H,12-14,16-19H2,1-2H3,(H,33,39)(H,34,42). The van der Waals surface area contributed by atoms with Gasteiger partial charge in [-0.25, -0.2) is 9.80 Å². The van der Waals surface area contributed by atoms with Crippen molar-refractivity contribution in [2.75, 3.05) is 32.7 Å². The summed E-state index contributed by atoms with van der Waals surface area (Å²) in [6.45, 7) is 1.52. The van der Waals surface area contributed by atoms with Gasteiger partial charge in [-0.3, -0.25) is 14.4 Å². The predicted octanol–water partition coefficient (Wildman–Crippen LogP) is 2.31. The van der Waals surface area contributed by atoms with Gasteiger partial charge >= 0.3 is 12.2 Å². The van der Waals surface area contributed by atoms with Gasteiger partial charge in [-0.15, -0.1) is 0 Å². The van der Waals surface area contributed by atoms with E-state index in [1.165, 1.54) is 45.8 Å². The van der Waals surface area contributed by atoms with Crippen LogP contribution in [0, 0.1) is 11.3 Å². The molecule has 1 fully saturated rings. The van der Waals surface area contributed by atoms with Crippen LogP contribution in [0.15, 0.2) is 54.6 Å². The zero-order valence-corrected chi connectivity index (χ0v) is 23.2. The maximum absolute atomic E-state index is 13.6. The van der Waals surface area contributed by atoms with Crippen molar-refractivity contribution in [1.29, 1.82) is 5.26 Å². The first-order valence-corrected chi connectivity index (χ1v) is 13.1. The van der Waals surface area contributed by atoms with Gasteiger partial charge in [0.15, 0.2) is 0 Å². The lowest BCUT2D eigenvalue weighted by Crippen LogP contribution is -2.71. The number of nitrogens with zero attached hydrogens (tertiary/aromatic N) is 5. The number of alkyl halides is 3. The summed E-state index contributed by atoms with van der Waals surface area (Å²) in [7, 11) is 0. The second-order valence-corrected chi connectivity index (χ2v) is 9.62. The lowest BCUT2D eigenvalue weighted by Gasteiger charge is -2.49. The first-order chi connectivity index (χ1) is 19.9. The highest BCUT2D eigenvalue weighted by Crippen LogP contribution is 2.30. The number of hydrazine groups is 1. The zero-order chi connectivity index (χ0) is 30.9. The van der Waals surface area contributed by atoms with Gasteiger partial charge in [0.25, 0.3) is 0 Å². The Hall–Kier alpha value is -4.64. The zero-order valence-electron chi connectivity index (χ0n) is 23.2. The van der Waals surface area contributed by atoms with E-state index >= 15 is 0 Å². The van der Waals surface area contributed by atoms with E-state index in [0.29, 0.717) is 0 Å². The molecule has 1 atom stereocenters. The number of carbonyl (C=O) groups excluding carboxylic acids is 4. The summed E-state index contributed by atoms with van der Waals surface area (Å²) < 4.78 is 40.0. The molecule has 5 amide bonds. The van der Waals surface area contributed by atoms with Gasteiger partial charge in [-0.05, 0) is 23.3 Å². The largest absolute Gasteiger partial charge is 0.416 e. The average molecular weight is 588 g/mol. The molecule has 0 spiro atoms. The summed E-state index contributed by atoms with van der Waals surface area (Å²) in [5, 5.41) is 17.2. The molecule has 42 heavy (non-hydrogen) atoms. The second-order valence-electron chi connectivity index (χ2n) is 9.62. The molecular weight excluding hydrogens is 555 g/mol. The third-order valence-electron chi connectivity index (χ3n) is 6.52. The fraction of sp³-hybridized carbons (Fsp3) is 0.393. The van der Waals surface area contributed by atoms with Gasteiger partial charge in [0.1, 0.15) is 12.7 Å². The molecule has 2 aromatic rings. The van der Waals surface area contributed by atoms with Gasteiger partial charge in [0, 0.05) is 40.0 Å². The molecule has 0 aromatic heterocycles. The topological polar surface area (TPSA) is 129 Å². The van der Waals surface area contributed by atoms with Crippen molar-refractivity contribution in [2.45, 2.75) is 39.3 Å². The highest BCUT2D eigenvalue weighted by atomic mass is 19.4. The highest BCUT2D eigenvalue weighted by Gasteiger charge is 2.43. The lowest BCUT2D eigenvalue weighted by atomic mass is 10.1. The second kappa shape index (κ2) is 14.3. The molecule has 2 aromatic carbocycles. The first-order valence-electron chi connectivity index (χ1n) is 13.1. The summed E-state index contributed by atoms with van der Waals surface area (Å²) >= 11 is 0. The summed E-state index contributed by atoms with van der Waals surface area (Å²) in [5.74, 6) is -1.31. The van der Waals surface area contributed by atoms with Crippen LogP contribution in [-0.4, -0.2) is 82.5 Å². The van der Waals surface area contributed by atoms with Crippen molar-refractivity contribution in [1.82, 2.24) is 30.5 Å². The SMILES string of the molecule is CC(=O)NCCN1C(=O)CN(CC#N)N(C(=O)NCc2ccccc2)C1CN(Cc1cccc(C(F)(F)F)c1)C(C)=O. The Morgan fingerprint density at radius 2 is 1.74 bits per heavy atom. The fourth-order valence-electron chi connectivity index (χ4n) is 4.51. The van der Waals surface area contributed by atoms with E-state index in [2.05, 4.69) is 10.6 Å². The number of carbonyl (C=O) groups is 4. The van der Waals surface area contributed by atoms with Crippen LogP contribution in [0.5, 0.6) is 0 Å². The van der Waals surface area contributed by atoms with Crippen molar-refractivity contribution >= 4 is 23.8 Å². The molecule has 11 nitrogen and oxygen atoms in total. The molecule has 0 radical (unpaired) electrons. The van der Waals surface area contributed by atoms with E-state index < -0.39 is 35.8 Å². The molecule has 2 N–H and O–H groups in total. The number of hydrogen-bond acceptors (Lipinski definition) is 6. The number of urea groups is 1. The molecule has 1 heterocycles. The minimum Gasteiger partial charge on any atom is -0.355 e. The van der Waals surface area contributed by atoms with Gasteiger partial charge in [0.2, 0.25) is 17.7 Å². The van der Waals surface area contributed by atoms with Gasteiger partial charge in [-0.1, -0.05) is 42.5 Å². The molecular formula is C28H32F3N7O4. The number of benzene rings is 2. The Kier molecular flexibility index (Phi) is 10.9. The maximum Gasteiger partial charge on any atom is 0.416 e. The maximum atomic E-state index is 13.6. The summed E-state index contributed by atoms with van der Waals surface area (Å²) in [4.78, 5) is 53.6. The number of halogens is 3. The minimum atomic E-state index is -4.58. The Labute approximate surface area is 241 Å². The minimum absolute atomic E-state index is 0.0265. The monoisotopic (exact) mass is 587 g/mol. The number of hydrogen-bond donors (Lipinski definition) is 2. The smallest absolute Gasteiger partial charge is 0.355 e. The van der Waals surface area contributed by atoms with E-state index in [4.69, 9.17) is 0 Å². The van der Waals surface area contributed by atoms with Crippen LogP contribution < -0.4 is 10.6 Å². The summed E-state index contributed by atoms with van der Waals surface area (Å²) in [5.41, 5.74) is 0.107. The summed E-state index contributed by atoms with van der Waals surface area (Å²) in [6, 6.07) is 14.8. The molecule has 0 bridgehead atoms. The van der Waals surface area contributed by atoms with E-state index in [1.54, 1.807) is 24.3 Å². The number of amides is 5. The molecule has 14 heteroatoms. The van der Waals surface area contributed by atoms with E-state index in [0.717, 1.165) is 17.7 Å². The average Bonchev–Trinajstić information content (AvgIpc) is 2.93. The van der Waals surface area contributed by atoms with Crippen molar-refractivity contribution in [3.8, 4) is 6.07 Å². The molecule has 3 rings (SSSR count). The van der Waals surface area contributed by atoms with Crippen LogP contribution in [0.2, 0.25) is 0 Å². The molecule has 0 saturated carbocycles. The van der Waals surface area contributed by atoms with Crippen LogP contribution in [0.3, 0.4) is 0 Å². The van der Waals surface area contributed by atoms with Crippen molar-refractivity contribution in [3.05, 3.63) is 71.3 Å². The molecule has 1 saturated heterocycles. The number of rotatable bonds is 10. The molecule has 224 valence electrons. The fourth-order valence-corrected chi connectivity index (χ4v) is 4.51. The van der Waals surface area contributed by atoms with Crippen LogP contribution in [0.1, 0.15) is 30.5 Å². The van der Waals surface area contributed by atoms with Crippen molar-refractivity contribution < 1.29 is 32.3 Å². The summed E-state index contributed by atoms with van der Waals surface area (Å²) in [6.07, 6.45) is -5.72. The van der Waals surface area contributed by atoms with Gasteiger partial charge in [0.05, 0.1) is 24.7 Å². The molecule has 1 aliphatic rings. The quantitative estimate of drug-likeness (QED) is 0.411. The Balaban J connectivity index is 1.96. The van der Waals surface area contributed by atoms with Crippen LogP contribution >= 0.6 is 0 Å². The Bertz CT molecular complexity index is 1320. The van der Waals surface area contributed by atoms with Crippen molar-refractivity contribution in [2.24, 2.45) is 0 Å². The van der Waals surface area contributed by atoms with E-state index in [9.17, 15) is 37.6 Å². The number of nitrogens with one attached hydrogen (secondary N) is 2. The third-order valence-corrected chi connectivity index (χ3v) is 6.52. The Morgan fingerprint density at radius 3 is 2.36 bits per heavy atom. The van der Waals surface area contributed by atoms with E-state index in [1.807, 2.05) is 12.1 Å². The van der Waals surface area contributed by atoms with Crippen LogP contribution in [0.25, 0.3) is 0 Å². The van der Waals surface area contributed by atoms with Gasteiger partial charge < -0.3 is 20.4 Å². The van der Waals surface area contributed by atoms with Crippen LogP contribution in [0.4, 0.5) is 18.0 Å². The van der Waals surface area contributed by atoms with Gasteiger partial charge in [-0.2, -0.15) is 23.4 Å². The number of nitriles is 1. The third kappa shape index (κ3) is 8.68. The molecule has 1 unspecified atom stereocenters. The Morgan fingerprint density at radius 1 is 1.05 bits per heavy atom. The predicted molar refractivity (Wildman–Crippen MR) is 144 cm³/mol. The molecule has 0 aliphatic carbocycles. The first kappa shape index (κ1) is 31.9. The van der Waals surface area contributed by atoms with Crippen molar-refractivity contribution in [3.63, 3.8) is 0 Å². The van der Waals surface area contributed by atoms with E-state index in [-0.39, 0.29) is 57.3 Å². The van der Waals surface area contributed by atoms with Crippen LogP contribution in [-0.2, 0) is 33.6 Å².